The van der Waals surface area contributed by atoms with E-state index in [9.17, 15) is 0 Å². The van der Waals surface area contributed by atoms with Crippen molar-refractivity contribution in [2.24, 2.45) is 76.4 Å². The fraction of sp³-hybridized carbons (Fsp3) is 0.917. The first-order valence-electron chi connectivity index (χ1n) is 23.5. The zero-order chi connectivity index (χ0) is 32.8. The number of nitrogens with zero attached hydrogens (tertiary/aromatic N) is 1. The van der Waals surface area contributed by atoms with Gasteiger partial charge in [0.25, 0.3) is 0 Å². The third kappa shape index (κ3) is 5.28. The molecule has 9 fully saturated rings. The third-order valence-corrected chi connectivity index (χ3v) is 21.6. The van der Waals surface area contributed by atoms with E-state index in [-0.39, 0.29) is 0 Å². The number of rotatable bonds is 4. The molecule has 2 aliphatic heterocycles. The topological polar surface area (TPSA) is 3.24 Å². The van der Waals surface area contributed by atoms with Crippen LogP contribution in [0.2, 0.25) is 0 Å². The van der Waals surface area contributed by atoms with E-state index in [1.54, 1.807) is 116 Å². The molecule has 7 saturated carbocycles. The first kappa shape index (κ1) is 33.2. The van der Waals surface area contributed by atoms with Crippen LogP contribution in [0.4, 0.5) is 0 Å². The van der Waals surface area contributed by atoms with Crippen molar-refractivity contribution < 1.29 is 0 Å². The molecule has 2 saturated heterocycles. The minimum atomic E-state index is 0.739. The summed E-state index contributed by atoms with van der Waals surface area (Å²) in [4.78, 5) is 3.36. The summed E-state index contributed by atoms with van der Waals surface area (Å²) in [5.41, 5.74) is 0.739. The number of hydrogen-bond donors (Lipinski definition) is 0. The van der Waals surface area contributed by atoms with Gasteiger partial charge in [0, 0.05) is 28.6 Å². The molecule has 2 heteroatoms. The second-order valence-electron chi connectivity index (χ2n) is 21.2. The maximum atomic E-state index is 3.36. The maximum absolute atomic E-state index is 3.36. The molecule has 18 atom stereocenters. The number of likely N-dealkylation sites (tertiary alicyclic amines) is 1. The van der Waals surface area contributed by atoms with Gasteiger partial charge in [0.1, 0.15) is 0 Å². The highest BCUT2D eigenvalue weighted by Gasteiger charge is 2.66. The Hall–Kier alpha value is -0.210. The van der Waals surface area contributed by atoms with E-state index in [1.165, 1.54) is 51.4 Å². The predicted octanol–water partition coefficient (Wildman–Crippen LogP) is 12.6. The summed E-state index contributed by atoms with van der Waals surface area (Å²) in [7, 11) is 0. The summed E-state index contributed by atoms with van der Waals surface area (Å²) >= 11 is 2.49. The summed E-state index contributed by atoms with van der Waals surface area (Å²) in [6, 6.07) is 2.88. The molecule has 9 aliphatic carbocycles. The predicted molar refractivity (Wildman–Crippen MR) is 211 cm³/mol. The Bertz CT molecular complexity index is 1280. The van der Waals surface area contributed by atoms with Gasteiger partial charge in [-0.1, -0.05) is 62.8 Å². The monoisotopic (exact) mass is 696 g/mol. The molecule has 50 heavy (non-hydrogen) atoms. The Morgan fingerprint density at radius 2 is 1.26 bits per heavy atom. The molecule has 0 aromatic rings. The van der Waals surface area contributed by atoms with Crippen LogP contribution in [-0.4, -0.2) is 33.5 Å². The van der Waals surface area contributed by atoms with Crippen molar-refractivity contribution in [1.29, 1.82) is 0 Å². The van der Waals surface area contributed by atoms with Gasteiger partial charge in [-0.05, 0) is 205 Å². The van der Waals surface area contributed by atoms with E-state index in [1.807, 2.05) is 0 Å². The van der Waals surface area contributed by atoms with Gasteiger partial charge in [0.2, 0.25) is 0 Å². The van der Waals surface area contributed by atoms with Gasteiger partial charge < -0.3 is 0 Å². The molecular weight excluding hydrogens is 623 g/mol. The molecule has 2 heterocycles. The summed E-state index contributed by atoms with van der Waals surface area (Å²) < 4.78 is 0. The minimum absolute atomic E-state index is 0.739. The Morgan fingerprint density at radius 3 is 2.18 bits per heavy atom. The number of hydrogen-bond acceptors (Lipinski definition) is 2. The molecule has 11 rings (SSSR count). The van der Waals surface area contributed by atoms with E-state index >= 15 is 0 Å². The van der Waals surface area contributed by atoms with Crippen molar-refractivity contribution in [3.05, 3.63) is 24.3 Å². The molecule has 0 aromatic carbocycles. The van der Waals surface area contributed by atoms with Gasteiger partial charge in [-0.15, -0.1) is 0 Å². The number of thioether (sulfide) groups is 1. The first-order valence-corrected chi connectivity index (χ1v) is 24.5. The Balaban J connectivity index is 0.775. The van der Waals surface area contributed by atoms with Crippen LogP contribution in [0.3, 0.4) is 0 Å². The highest BCUT2D eigenvalue weighted by Crippen LogP contribution is 2.73. The third-order valence-electron chi connectivity index (χ3n) is 19.7. The van der Waals surface area contributed by atoms with E-state index < -0.39 is 0 Å². The Labute approximate surface area is 311 Å². The van der Waals surface area contributed by atoms with Crippen molar-refractivity contribution in [1.82, 2.24) is 4.90 Å². The largest absolute Gasteiger partial charge is 0.294 e. The summed E-state index contributed by atoms with van der Waals surface area (Å²) in [5.74, 6) is 12.4. The molecule has 0 aromatic heterocycles. The fourth-order valence-corrected chi connectivity index (χ4v) is 20.1. The van der Waals surface area contributed by atoms with Crippen LogP contribution in [0, 0.1) is 76.4 Å². The van der Waals surface area contributed by atoms with Crippen molar-refractivity contribution in [2.45, 2.75) is 196 Å². The van der Waals surface area contributed by atoms with E-state index in [0.717, 1.165) is 105 Å². The van der Waals surface area contributed by atoms with Crippen molar-refractivity contribution >= 4 is 11.8 Å². The van der Waals surface area contributed by atoms with Gasteiger partial charge in [-0.25, -0.2) is 0 Å². The molecule has 0 spiro atoms. The summed E-state index contributed by atoms with van der Waals surface area (Å²) in [5, 5.41) is 2.08. The molecule has 18 unspecified atom stereocenters. The van der Waals surface area contributed by atoms with Crippen LogP contribution in [0.1, 0.15) is 167 Å². The lowest BCUT2D eigenvalue weighted by atomic mass is 9.34. The molecule has 0 N–H and O–H groups in total. The van der Waals surface area contributed by atoms with E-state index in [0.29, 0.717) is 0 Å². The van der Waals surface area contributed by atoms with Crippen LogP contribution in [0.15, 0.2) is 24.3 Å². The SMILES string of the molecule is C1=CC(C2C=CCC(C34CCCCC3C3CC(C5CCC6C(C5)C5CCCCC5N6C5CCC6SC7CCCCC7C6C5)CCC34)C2)CCC1. The Kier molecular flexibility index (Phi) is 8.96. The normalized spacial score (nSPS) is 55.9. The highest BCUT2D eigenvalue weighted by atomic mass is 32.2. The highest BCUT2D eigenvalue weighted by molar-refractivity contribution is 8.00. The standard InChI is InChI=1S/C48H73NS/c1-2-11-31(12-3-1)32-13-10-14-35(27-32)48-26-9-8-17-42(48)41-29-33(20-23-43(41)48)34-21-24-45-39(28-34)37-15-4-6-18-44(37)49(45)36-22-25-47-40(30-36)38-16-5-7-19-46(38)50-47/h2,10-11,13,31-47H,1,3-9,12,14-30H2. The quantitative estimate of drug-likeness (QED) is 0.269. The smallest absolute Gasteiger partial charge is 0.0133 e. The minimum Gasteiger partial charge on any atom is -0.294 e. The van der Waals surface area contributed by atoms with Crippen molar-refractivity contribution in [3.63, 3.8) is 0 Å². The Morgan fingerprint density at radius 1 is 0.500 bits per heavy atom. The van der Waals surface area contributed by atoms with Gasteiger partial charge in [0.05, 0.1) is 0 Å². The first-order chi connectivity index (χ1) is 24.8. The second-order valence-corrected chi connectivity index (χ2v) is 22.6. The van der Waals surface area contributed by atoms with Crippen LogP contribution >= 0.6 is 11.8 Å². The number of fused-ring (bicyclic) bond motifs is 10. The average Bonchev–Trinajstić information content (AvgIpc) is 3.72. The van der Waals surface area contributed by atoms with Crippen molar-refractivity contribution in [2.75, 3.05) is 0 Å². The second kappa shape index (κ2) is 13.5. The van der Waals surface area contributed by atoms with Crippen LogP contribution in [0.25, 0.3) is 0 Å². The van der Waals surface area contributed by atoms with Gasteiger partial charge in [-0.3, -0.25) is 4.90 Å². The molecule has 0 amide bonds. The number of allylic oxidation sites excluding steroid dienone is 4. The lowest BCUT2D eigenvalue weighted by molar-refractivity contribution is -0.216. The molecular formula is C48H73NS. The van der Waals surface area contributed by atoms with Gasteiger partial charge in [0.15, 0.2) is 0 Å². The van der Waals surface area contributed by atoms with E-state index in [2.05, 4.69) is 41.0 Å². The van der Waals surface area contributed by atoms with Gasteiger partial charge in [-0.2, -0.15) is 11.8 Å². The lowest BCUT2D eigenvalue weighted by Gasteiger charge is -2.70. The molecule has 11 aliphatic rings. The zero-order valence-corrected chi connectivity index (χ0v) is 32.7. The van der Waals surface area contributed by atoms with Crippen molar-refractivity contribution in [3.8, 4) is 0 Å². The molecule has 0 radical (unpaired) electrons. The summed E-state index contributed by atoms with van der Waals surface area (Å²) in [6.45, 7) is 0. The maximum Gasteiger partial charge on any atom is 0.0133 e. The summed E-state index contributed by atoms with van der Waals surface area (Å²) in [6.07, 6.45) is 50.8. The molecule has 276 valence electrons. The zero-order valence-electron chi connectivity index (χ0n) is 31.9. The lowest BCUT2D eigenvalue weighted by Crippen LogP contribution is -2.64. The van der Waals surface area contributed by atoms with Crippen LogP contribution in [0.5, 0.6) is 0 Å². The van der Waals surface area contributed by atoms with E-state index in [4.69, 9.17) is 0 Å². The average molecular weight is 696 g/mol. The van der Waals surface area contributed by atoms with Crippen LogP contribution < -0.4 is 0 Å². The molecule has 0 bridgehead atoms. The van der Waals surface area contributed by atoms with Gasteiger partial charge >= 0.3 is 0 Å². The molecule has 1 nitrogen and oxygen atoms in total. The van der Waals surface area contributed by atoms with Crippen LogP contribution in [-0.2, 0) is 0 Å². The fourth-order valence-electron chi connectivity index (χ4n) is 18.0.